The summed E-state index contributed by atoms with van der Waals surface area (Å²) in [4.78, 5) is 4.65. The molecule has 24 heavy (non-hydrogen) atoms. The normalized spacial score (nSPS) is 11.0. The number of nitrogens with one attached hydrogen (secondary N) is 2. The molecule has 0 unspecified atom stereocenters. The quantitative estimate of drug-likeness (QED) is 0.300. The van der Waals surface area contributed by atoms with Gasteiger partial charge < -0.3 is 10.6 Å². The number of aryl methyl sites for hydroxylation is 2. The molecule has 0 saturated carbocycles. The summed E-state index contributed by atoms with van der Waals surface area (Å²) in [5, 5.41) is 11.0. The Hall–Kier alpha value is -1.57. The van der Waals surface area contributed by atoms with E-state index in [0.717, 1.165) is 31.0 Å². The third kappa shape index (κ3) is 7.33. The van der Waals surface area contributed by atoms with E-state index in [4.69, 9.17) is 0 Å². The highest BCUT2D eigenvalue weighted by molar-refractivity contribution is 14.0. The van der Waals surface area contributed by atoms with Gasteiger partial charge in [-0.15, -0.1) is 24.0 Å². The Bertz CT molecular complexity index is 619. The molecule has 0 aliphatic carbocycles. The van der Waals surface area contributed by atoms with E-state index < -0.39 is 0 Å². The summed E-state index contributed by atoms with van der Waals surface area (Å²) < 4.78 is 1.80. The van der Waals surface area contributed by atoms with Crippen LogP contribution in [-0.2, 0) is 20.1 Å². The summed E-state index contributed by atoms with van der Waals surface area (Å²) in [5.74, 6) is 0.850. The van der Waals surface area contributed by atoms with Crippen LogP contribution in [0.4, 0.5) is 0 Å². The van der Waals surface area contributed by atoms with E-state index in [2.05, 4.69) is 58.8 Å². The standard InChI is InChI=1S/C18H27N5.HI/c1-4-5-10-19-18(21-12-17-13-22-23(3)14-17)20-11-16-8-6-15(2)7-9-16;/h6-9,13-14H,4-5,10-12H2,1-3H3,(H2,19,20,21);1H. The average Bonchev–Trinajstić information content (AvgIpc) is 2.96. The molecule has 1 heterocycles. The minimum absolute atomic E-state index is 0. The van der Waals surface area contributed by atoms with Crippen molar-refractivity contribution in [2.75, 3.05) is 6.54 Å². The molecule has 0 amide bonds. The van der Waals surface area contributed by atoms with Crippen molar-refractivity contribution in [2.24, 2.45) is 12.0 Å². The zero-order valence-corrected chi connectivity index (χ0v) is 17.1. The van der Waals surface area contributed by atoms with E-state index in [0.29, 0.717) is 6.54 Å². The topological polar surface area (TPSA) is 54.2 Å². The molecule has 2 aromatic rings. The first kappa shape index (κ1) is 20.5. The maximum Gasteiger partial charge on any atom is 0.191 e. The fourth-order valence-electron chi connectivity index (χ4n) is 2.17. The molecular weight excluding hydrogens is 413 g/mol. The first-order chi connectivity index (χ1) is 11.2. The van der Waals surface area contributed by atoms with Gasteiger partial charge in [0, 0.05) is 31.9 Å². The van der Waals surface area contributed by atoms with Crippen LogP contribution >= 0.6 is 24.0 Å². The van der Waals surface area contributed by atoms with Crippen LogP contribution in [0.2, 0.25) is 0 Å². The lowest BCUT2D eigenvalue weighted by Gasteiger charge is -2.12. The summed E-state index contributed by atoms with van der Waals surface area (Å²) in [6, 6.07) is 8.56. The van der Waals surface area contributed by atoms with Crippen molar-refractivity contribution in [3.8, 4) is 0 Å². The molecule has 0 spiro atoms. The smallest absolute Gasteiger partial charge is 0.191 e. The summed E-state index contributed by atoms with van der Waals surface area (Å²) in [6.07, 6.45) is 6.15. The molecule has 132 valence electrons. The van der Waals surface area contributed by atoms with Crippen molar-refractivity contribution < 1.29 is 0 Å². The van der Waals surface area contributed by atoms with Crippen LogP contribution < -0.4 is 10.6 Å². The second kappa shape index (κ2) is 11.1. The zero-order chi connectivity index (χ0) is 16.5. The van der Waals surface area contributed by atoms with Crippen LogP contribution in [0.3, 0.4) is 0 Å². The molecule has 0 aliphatic heterocycles. The first-order valence-corrected chi connectivity index (χ1v) is 8.22. The van der Waals surface area contributed by atoms with E-state index in [9.17, 15) is 0 Å². The lowest BCUT2D eigenvalue weighted by atomic mass is 10.1. The van der Waals surface area contributed by atoms with Gasteiger partial charge in [-0.2, -0.15) is 5.10 Å². The molecule has 6 heteroatoms. The van der Waals surface area contributed by atoms with Crippen LogP contribution in [0.25, 0.3) is 0 Å². The number of guanidine groups is 1. The summed E-state index contributed by atoms with van der Waals surface area (Å²) >= 11 is 0. The van der Waals surface area contributed by atoms with Crippen molar-refractivity contribution in [3.63, 3.8) is 0 Å². The number of hydrogen-bond acceptors (Lipinski definition) is 2. The fraction of sp³-hybridized carbons (Fsp3) is 0.444. The predicted octanol–water partition coefficient (Wildman–Crippen LogP) is 3.38. The Kier molecular flexibility index (Phi) is 9.44. The molecule has 1 aromatic heterocycles. The van der Waals surface area contributed by atoms with Crippen LogP contribution in [0.1, 0.15) is 36.5 Å². The van der Waals surface area contributed by atoms with Gasteiger partial charge in [-0.1, -0.05) is 43.2 Å². The summed E-state index contributed by atoms with van der Waals surface area (Å²) in [6.45, 7) is 6.62. The van der Waals surface area contributed by atoms with Crippen molar-refractivity contribution in [2.45, 2.75) is 39.8 Å². The monoisotopic (exact) mass is 441 g/mol. The average molecular weight is 441 g/mol. The number of rotatable bonds is 7. The van der Waals surface area contributed by atoms with Crippen LogP contribution in [0, 0.1) is 6.92 Å². The molecule has 1 aromatic carbocycles. The maximum absolute atomic E-state index is 4.65. The highest BCUT2D eigenvalue weighted by atomic mass is 127. The molecule has 2 rings (SSSR count). The molecule has 0 saturated heterocycles. The van der Waals surface area contributed by atoms with Gasteiger partial charge in [0.15, 0.2) is 5.96 Å². The third-order valence-corrected chi connectivity index (χ3v) is 3.58. The fourth-order valence-corrected chi connectivity index (χ4v) is 2.17. The molecule has 0 radical (unpaired) electrons. The molecule has 5 nitrogen and oxygen atoms in total. The second-order valence-electron chi connectivity index (χ2n) is 5.81. The third-order valence-electron chi connectivity index (χ3n) is 3.58. The van der Waals surface area contributed by atoms with E-state index in [1.54, 1.807) is 4.68 Å². The zero-order valence-electron chi connectivity index (χ0n) is 14.7. The molecular formula is C18H28IN5. The van der Waals surface area contributed by atoms with Gasteiger partial charge in [0.2, 0.25) is 0 Å². The van der Waals surface area contributed by atoms with Crippen molar-refractivity contribution >= 4 is 29.9 Å². The number of benzene rings is 1. The van der Waals surface area contributed by atoms with Gasteiger partial charge in [-0.05, 0) is 18.9 Å². The number of nitrogens with zero attached hydrogens (tertiary/aromatic N) is 3. The largest absolute Gasteiger partial charge is 0.356 e. The number of aromatic nitrogens is 2. The number of unbranched alkanes of at least 4 members (excludes halogenated alkanes) is 1. The van der Waals surface area contributed by atoms with E-state index in [-0.39, 0.29) is 24.0 Å². The first-order valence-electron chi connectivity index (χ1n) is 8.22. The molecule has 2 N–H and O–H groups in total. The Labute approximate surface area is 162 Å². The van der Waals surface area contributed by atoms with Crippen LogP contribution in [0.5, 0.6) is 0 Å². The van der Waals surface area contributed by atoms with Crippen molar-refractivity contribution in [3.05, 3.63) is 53.3 Å². The van der Waals surface area contributed by atoms with Crippen molar-refractivity contribution in [1.29, 1.82) is 0 Å². The number of halogens is 1. The summed E-state index contributed by atoms with van der Waals surface area (Å²) in [7, 11) is 1.92. The molecule has 0 fully saturated rings. The number of aliphatic imine (C=N–C) groups is 1. The van der Waals surface area contributed by atoms with E-state index in [1.807, 2.05) is 19.4 Å². The van der Waals surface area contributed by atoms with Crippen LogP contribution in [-0.4, -0.2) is 22.3 Å². The molecule has 0 aliphatic rings. The lowest BCUT2D eigenvalue weighted by Crippen LogP contribution is -2.37. The minimum atomic E-state index is 0. The van der Waals surface area contributed by atoms with Crippen molar-refractivity contribution in [1.82, 2.24) is 20.4 Å². The van der Waals surface area contributed by atoms with Gasteiger partial charge in [0.1, 0.15) is 0 Å². The van der Waals surface area contributed by atoms with E-state index in [1.165, 1.54) is 17.5 Å². The van der Waals surface area contributed by atoms with Gasteiger partial charge in [0.05, 0.1) is 12.7 Å². The second-order valence-corrected chi connectivity index (χ2v) is 5.81. The Balaban J connectivity index is 0.00000288. The Morgan fingerprint density at radius 2 is 1.92 bits per heavy atom. The highest BCUT2D eigenvalue weighted by Gasteiger charge is 2.01. The minimum Gasteiger partial charge on any atom is -0.356 e. The predicted molar refractivity (Wildman–Crippen MR) is 111 cm³/mol. The Morgan fingerprint density at radius 3 is 2.54 bits per heavy atom. The van der Waals surface area contributed by atoms with Gasteiger partial charge in [-0.25, -0.2) is 4.99 Å². The summed E-state index contributed by atoms with van der Waals surface area (Å²) in [5.41, 5.74) is 3.64. The van der Waals surface area contributed by atoms with Gasteiger partial charge >= 0.3 is 0 Å². The number of hydrogen-bond donors (Lipinski definition) is 2. The van der Waals surface area contributed by atoms with Crippen LogP contribution in [0.15, 0.2) is 41.7 Å². The van der Waals surface area contributed by atoms with Gasteiger partial charge in [0.25, 0.3) is 0 Å². The van der Waals surface area contributed by atoms with Gasteiger partial charge in [-0.3, -0.25) is 4.68 Å². The highest BCUT2D eigenvalue weighted by Crippen LogP contribution is 2.03. The maximum atomic E-state index is 4.65. The van der Waals surface area contributed by atoms with E-state index >= 15 is 0 Å². The lowest BCUT2D eigenvalue weighted by molar-refractivity contribution is 0.724. The molecule has 0 atom stereocenters. The SMILES string of the molecule is CCCCNC(=NCc1cnn(C)c1)NCc1ccc(C)cc1.I. The molecule has 0 bridgehead atoms. The Morgan fingerprint density at radius 1 is 1.17 bits per heavy atom.